The summed E-state index contributed by atoms with van der Waals surface area (Å²) in [4.78, 5) is 13.5. The lowest BCUT2D eigenvalue weighted by molar-refractivity contribution is 0.0724. The fourth-order valence-corrected chi connectivity index (χ4v) is 6.28. The number of nitrogens with zero attached hydrogens (tertiary/aromatic N) is 2. The number of fused-ring (bicyclic) bond motifs is 3. The lowest BCUT2D eigenvalue weighted by Crippen LogP contribution is -2.47. The summed E-state index contributed by atoms with van der Waals surface area (Å²) in [6.45, 7) is 5.95. The van der Waals surface area contributed by atoms with Crippen LogP contribution in [0.25, 0.3) is 5.57 Å². The van der Waals surface area contributed by atoms with E-state index < -0.39 is 15.6 Å². The molecular formula is C26H27N3O5S. The van der Waals surface area contributed by atoms with E-state index in [1.807, 2.05) is 18.2 Å². The van der Waals surface area contributed by atoms with Gasteiger partial charge in [0.1, 0.15) is 12.4 Å². The highest BCUT2D eigenvalue weighted by Crippen LogP contribution is 2.50. The molecular weight excluding hydrogens is 466 g/mol. The molecule has 0 bridgehead atoms. The summed E-state index contributed by atoms with van der Waals surface area (Å²) in [6, 6.07) is 13.1. The van der Waals surface area contributed by atoms with Gasteiger partial charge in [-0.2, -0.15) is 22.7 Å². The van der Waals surface area contributed by atoms with Crippen LogP contribution in [0.1, 0.15) is 46.5 Å². The van der Waals surface area contributed by atoms with E-state index >= 15 is 0 Å². The fraction of sp³-hybridized carbons (Fsp3) is 0.385. The molecule has 0 saturated carbocycles. The van der Waals surface area contributed by atoms with Crippen molar-refractivity contribution in [2.45, 2.75) is 25.7 Å². The van der Waals surface area contributed by atoms with Gasteiger partial charge in [-0.05, 0) is 59.0 Å². The number of ether oxygens (including phenoxy) is 2. The molecule has 0 aromatic heterocycles. The molecule has 1 aliphatic heterocycles. The predicted octanol–water partition coefficient (Wildman–Crippen LogP) is 2.59. The van der Waals surface area contributed by atoms with Gasteiger partial charge in [0.05, 0.1) is 24.8 Å². The Hall–Kier alpha value is -3.03. The van der Waals surface area contributed by atoms with Crippen LogP contribution in [0, 0.1) is 11.3 Å². The number of allylic oxidation sites excluding steroid dienone is 2. The molecule has 35 heavy (non-hydrogen) atoms. The van der Waals surface area contributed by atoms with Crippen molar-refractivity contribution >= 4 is 21.6 Å². The van der Waals surface area contributed by atoms with E-state index in [-0.39, 0.29) is 18.9 Å². The smallest absolute Gasteiger partial charge is 0.279 e. The Bertz CT molecular complexity index is 1380. The summed E-state index contributed by atoms with van der Waals surface area (Å²) in [5.41, 5.74) is 5.44. The van der Waals surface area contributed by atoms with E-state index in [1.165, 1.54) is 4.31 Å². The standard InChI is InChI=1S/C26H27N3O5S/c1-26(2)22-15-19(34-10-7-28-35(31,32)29-8-11-33-12-9-29)4-6-21(22)25(30)24-20-5-3-17(16-27)13-18(20)14-23(24)26/h3-6,13,15,28H,7-12,14H2,1-2H3. The van der Waals surface area contributed by atoms with Crippen LogP contribution >= 0.6 is 0 Å². The Kier molecular flexibility index (Phi) is 6.01. The highest BCUT2D eigenvalue weighted by molar-refractivity contribution is 7.87. The SMILES string of the molecule is CC1(C)C2=C(C(=O)c3ccc(OCCNS(=O)(=O)N4CCOCC4)cc31)c1ccc(C#N)cc1C2. The molecule has 2 aliphatic carbocycles. The molecule has 0 unspecified atom stereocenters. The maximum Gasteiger partial charge on any atom is 0.279 e. The highest BCUT2D eigenvalue weighted by atomic mass is 32.2. The van der Waals surface area contributed by atoms with Gasteiger partial charge in [-0.1, -0.05) is 19.9 Å². The van der Waals surface area contributed by atoms with Crippen LogP contribution in [0.15, 0.2) is 42.0 Å². The number of rotatable bonds is 6. The van der Waals surface area contributed by atoms with Gasteiger partial charge in [-0.15, -0.1) is 0 Å². The number of nitriles is 1. The zero-order chi connectivity index (χ0) is 24.8. The molecule has 2 aromatic rings. The van der Waals surface area contributed by atoms with Gasteiger partial charge >= 0.3 is 0 Å². The Morgan fingerprint density at radius 1 is 1.14 bits per heavy atom. The van der Waals surface area contributed by atoms with Crippen LogP contribution < -0.4 is 9.46 Å². The molecule has 3 aliphatic rings. The summed E-state index contributed by atoms with van der Waals surface area (Å²) in [6.07, 6.45) is 0.632. The van der Waals surface area contributed by atoms with E-state index in [9.17, 15) is 18.5 Å². The minimum absolute atomic E-state index is 0.0115. The minimum atomic E-state index is -3.57. The second-order valence-corrected chi connectivity index (χ2v) is 11.2. The zero-order valence-corrected chi connectivity index (χ0v) is 20.6. The van der Waals surface area contributed by atoms with Crippen molar-refractivity contribution in [2.75, 3.05) is 39.5 Å². The molecule has 0 spiro atoms. The van der Waals surface area contributed by atoms with Crippen molar-refractivity contribution in [3.05, 3.63) is 69.8 Å². The second kappa shape index (κ2) is 8.88. The van der Waals surface area contributed by atoms with Crippen LogP contribution in [0.5, 0.6) is 5.75 Å². The number of ketones is 1. The average molecular weight is 494 g/mol. The first-order valence-electron chi connectivity index (χ1n) is 11.6. The number of morpholine rings is 1. The Morgan fingerprint density at radius 2 is 1.89 bits per heavy atom. The lowest BCUT2D eigenvalue weighted by atomic mass is 9.68. The number of Topliss-reactive ketones (excluding diaryl/α,β-unsaturated/α-hetero) is 1. The maximum absolute atomic E-state index is 13.5. The largest absolute Gasteiger partial charge is 0.492 e. The minimum Gasteiger partial charge on any atom is -0.492 e. The summed E-state index contributed by atoms with van der Waals surface area (Å²) in [7, 11) is -3.57. The van der Waals surface area contributed by atoms with E-state index in [0.29, 0.717) is 49.6 Å². The molecule has 1 heterocycles. The molecule has 1 saturated heterocycles. The first-order valence-corrected chi connectivity index (χ1v) is 13.1. The van der Waals surface area contributed by atoms with Crippen LogP contribution in [0.4, 0.5) is 0 Å². The van der Waals surface area contributed by atoms with Gasteiger partial charge < -0.3 is 9.47 Å². The molecule has 182 valence electrons. The molecule has 5 rings (SSSR count). The molecule has 0 radical (unpaired) electrons. The summed E-state index contributed by atoms with van der Waals surface area (Å²) < 4.78 is 39.8. The normalized spacial score (nSPS) is 19.1. The Morgan fingerprint density at radius 3 is 2.63 bits per heavy atom. The summed E-state index contributed by atoms with van der Waals surface area (Å²) in [5.74, 6) is 0.573. The number of carbonyl (C=O) groups excluding carboxylic acids is 1. The van der Waals surface area contributed by atoms with Gasteiger partial charge in [0, 0.05) is 36.2 Å². The molecule has 1 N–H and O–H groups in total. The quantitative estimate of drug-likeness (QED) is 0.620. The monoisotopic (exact) mass is 493 g/mol. The van der Waals surface area contributed by atoms with Crippen molar-refractivity contribution in [2.24, 2.45) is 0 Å². The number of nitrogens with one attached hydrogen (secondary N) is 1. The maximum atomic E-state index is 13.5. The third kappa shape index (κ3) is 4.17. The third-order valence-electron chi connectivity index (χ3n) is 7.03. The van der Waals surface area contributed by atoms with Crippen molar-refractivity contribution in [1.82, 2.24) is 9.03 Å². The van der Waals surface area contributed by atoms with Crippen molar-refractivity contribution < 1.29 is 22.7 Å². The molecule has 0 amide bonds. The number of hydrogen-bond acceptors (Lipinski definition) is 6. The predicted molar refractivity (Wildman–Crippen MR) is 130 cm³/mol. The van der Waals surface area contributed by atoms with Crippen LogP contribution in [-0.4, -0.2) is 58.0 Å². The molecule has 2 aromatic carbocycles. The Labute approximate surface area is 205 Å². The van der Waals surface area contributed by atoms with E-state index in [0.717, 1.165) is 27.8 Å². The van der Waals surface area contributed by atoms with Gasteiger partial charge in [0.15, 0.2) is 5.78 Å². The van der Waals surface area contributed by atoms with E-state index in [4.69, 9.17) is 9.47 Å². The van der Waals surface area contributed by atoms with Gasteiger partial charge in [-0.3, -0.25) is 4.79 Å². The third-order valence-corrected chi connectivity index (χ3v) is 8.64. The van der Waals surface area contributed by atoms with E-state index in [1.54, 1.807) is 18.2 Å². The summed E-state index contributed by atoms with van der Waals surface area (Å²) >= 11 is 0. The average Bonchev–Trinajstić information content (AvgIpc) is 3.26. The molecule has 8 nitrogen and oxygen atoms in total. The van der Waals surface area contributed by atoms with Crippen molar-refractivity contribution in [3.63, 3.8) is 0 Å². The Balaban J connectivity index is 1.31. The molecule has 9 heteroatoms. The fourth-order valence-electron chi connectivity index (χ4n) is 5.13. The lowest BCUT2D eigenvalue weighted by Gasteiger charge is -2.34. The second-order valence-electron chi connectivity index (χ2n) is 9.43. The van der Waals surface area contributed by atoms with Gasteiger partial charge in [-0.25, -0.2) is 0 Å². The van der Waals surface area contributed by atoms with Crippen LogP contribution in [0.3, 0.4) is 0 Å². The number of benzene rings is 2. The summed E-state index contributed by atoms with van der Waals surface area (Å²) in [5, 5.41) is 9.26. The van der Waals surface area contributed by atoms with E-state index in [2.05, 4.69) is 24.6 Å². The number of hydrogen-bond donors (Lipinski definition) is 1. The van der Waals surface area contributed by atoms with Crippen molar-refractivity contribution in [1.29, 1.82) is 5.26 Å². The highest BCUT2D eigenvalue weighted by Gasteiger charge is 2.43. The van der Waals surface area contributed by atoms with Gasteiger partial charge in [0.2, 0.25) is 0 Å². The molecule has 0 atom stereocenters. The zero-order valence-electron chi connectivity index (χ0n) is 19.8. The van der Waals surface area contributed by atoms with Crippen LogP contribution in [-0.2, 0) is 26.8 Å². The van der Waals surface area contributed by atoms with Crippen molar-refractivity contribution in [3.8, 4) is 11.8 Å². The first kappa shape index (κ1) is 23.7. The topological polar surface area (TPSA) is 109 Å². The van der Waals surface area contributed by atoms with Crippen LogP contribution in [0.2, 0.25) is 0 Å². The first-order chi connectivity index (χ1) is 16.7. The van der Waals surface area contributed by atoms with Gasteiger partial charge in [0.25, 0.3) is 10.2 Å². The molecule has 1 fully saturated rings. The number of carbonyl (C=O) groups is 1.